The Labute approximate surface area is 186 Å². The average Bonchev–Trinajstić information content (AvgIpc) is 3.21. The van der Waals surface area contributed by atoms with Crippen LogP contribution in [0.15, 0.2) is 60.0 Å². The molecule has 160 valence electrons. The van der Waals surface area contributed by atoms with Gasteiger partial charge < -0.3 is 14.8 Å². The number of hydrogen-bond acceptors (Lipinski definition) is 5. The molecule has 0 bridgehead atoms. The van der Waals surface area contributed by atoms with Gasteiger partial charge in [-0.1, -0.05) is 43.3 Å². The molecule has 6 heteroatoms. The molecule has 0 aliphatic carbocycles. The molecule has 1 amide bonds. The summed E-state index contributed by atoms with van der Waals surface area (Å²) in [6, 6.07) is 15.4. The fraction of sp³-hybridized carbons (Fsp3) is 0.200. The van der Waals surface area contributed by atoms with Crippen LogP contribution in [0.5, 0.6) is 5.75 Å². The van der Waals surface area contributed by atoms with Crippen LogP contribution in [0.2, 0.25) is 0 Å². The van der Waals surface area contributed by atoms with Crippen LogP contribution in [0, 0.1) is 0 Å². The summed E-state index contributed by atoms with van der Waals surface area (Å²) in [5.41, 5.74) is 4.12. The summed E-state index contributed by atoms with van der Waals surface area (Å²) in [5, 5.41) is 5.16. The van der Waals surface area contributed by atoms with Crippen molar-refractivity contribution >= 4 is 34.3 Å². The van der Waals surface area contributed by atoms with Crippen LogP contribution >= 0.6 is 11.3 Å². The lowest BCUT2D eigenvalue weighted by Crippen LogP contribution is -2.12. The summed E-state index contributed by atoms with van der Waals surface area (Å²) in [4.78, 5) is 25.2. The zero-order chi connectivity index (χ0) is 22.2. The average molecular weight is 436 g/mol. The molecule has 0 unspecified atom stereocenters. The predicted octanol–water partition coefficient (Wildman–Crippen LogP) is 5.81. The van der Waals surface area contributed by atoms with Crippen molar-refractivity contribution in [1.29, 1.82) is 0 Å². The lowest BCUT2D eigenvalue weighted by molar-refractivity contribution is -0.111. The van der Waals surface area contributed by atoms with E-state index in [1.165, 1.54) is 23.0 Å². The molecule has 2 aromatic carbocycles. The van der Waals surface area contributed by atoms with Crippen LogP contribution in [0.1, 0.15) is 35.3 Å². The van der Waals surface area contributed by atoms with Crippen LogP contribution in [-0.4, -0.2) is 25.6 Å². The molecule has 31 heavy (non-hydrogen) atoms. The number of hydrogen-bond donors (Lipinski definition) is 1. The molecule has 0 fully saturated rings. The standard InChI is InChI=1S/C25H25NO4S/c1-4-17-6-11-19(12-7-17)21-16-31-24(23(21)25(28)30-5-2)26-22(27)15-10-18-8-13-20(29-3)14-9-18/h6-16H,4-5H2,1-3H3,(H,26,27)/b15-10+. The number of aryl methyl sites for hydroxylation is 1. The minimum atomic E-state index is -0.451. The molecule has 3 aromatic rings. The lowest BCUT2D eigenvalue weighted by atomic mass is 10.0. The maximum absolute atomic E-state index is 12.7. The third-order valence-corrected chi connectivity index (χ3v) is 5.62. The first-order valence-electron chi connectivity index (χ1n) is 10.1. The summed E-state index contributed by atoms with van der Waals surface area (Å²) in [6.45, 7) is 4.11. The van der Waals surface area contributed by atoms with E-state index >= 15 is 0 Å². The van der Waals surface area contributed by atoms with Crippen LogP contribution in [0.3, 0.4) is 0 Å². The maximum Gasteiger partial charge on any atom is 0.341 e. The number of rotatable bonds is 8. The van der Waals surface area contributed by atoms with Gasteiger partial charge in [-0.15, -0.1) is 11.3 Å². The van der Waals surface area contributed by atoms with E-state index in [2.05, 4.69) is 12.2 Å². The monoisotopic (exact) mass is 435 g/mol. The molecular weight excluding hydrogens is 410 g/mol. The third kappa shape index (κ3) is 5.61. The molecule has 1 heterocycles. The molecule has 0 saturated carbocycles. The highest BCUT2D eigenvalue weighted by Crippen LogP contribution is 2.36. The van der Waals surface area contributed by atoms with Gasteiger partial charge in [0.2, 0.25) is 5.91 Å². The summed E-state index contributed by atoms with van der Waals surface area (Å²) in [7, 11) is 1.60. The van der Waals surface area contributed by atoms with E-state index in [1.54, 1.807) is 20.1 Å². The van der Waals surface area contributed by atoms with E-state index < -0.39 is 5.97 Å². The quantitative estimate of drug-likeness (QED) is 0.358. The molecule has 0 atom stereocenters. The highest BCUT2D eigenvalue weighted by molar-refractivity contribution is 7.15. The number of carbonyl (C=O) groups excluding carboxylic acids is 2. The third-order valence-electron chi connectivity index (χ3n) is 4.72. The molecular formula is C25H25NO4S. The van der Waals surface area contributed by atoms with Crippen molar-refractivity contribution in [1.82, 2.24) is 0 Å². The van der Waals surface area contributed by atoms with Crippen molar-refractivity contribution in [3.8, 4) is 16.9 Å². The van der Waals surface area contributed by atoms with E-state index in [0.29, 0.717) is 10.6 Å². The van der Waals surface area contributed by atoms with Crippen molar-refractivity contribution in [2.75, 3.05) is 19.0 Å². The Bertz CT molecular complexity index is 1070. The van der Waals surface area contributed by atoms with Gasteiger partial charge in [0, 0.05) is 17.0 Å². The number of carbonyl (C=O) groups is 2. The lowest BCUT2D eigenvalue weighted by Gasteiger charge is -2.08. The first-order valence-corrected chi connectivity index (χ1v) is 10.9. The van der Waals surface area contributed by atoms with Crippen molar-refractivity contribution in [3.05, 3.63) is 76.7 Å². The second-order valence-electron chi connectivity index (χ2n) is 6.72. The minimum Gasteiger partial charge on any atom is -0.497 e. The Kier molecular flexibility index (Phi) is 7.62. The van der Waals surface area contributed by atoms with E-state index in [9.17, 15) is 9.59 Å². The number of ether oxygens (including phenoxy) is 2. The van der Waals surface area contributed by atoms with Crippen molar-refractivity contribution in [2.45, 2.75) is 20.3 Å². The number of methoxy groups -OCH3 is 1. The topological polar surface area (TPSA) is 64.6 Å². The van der Waals surface area contributed by atoms with E-state index in [4.69, 9.17) is 9.47 Å². The second kappa shape index (κ2) is 10.6. The minimum absolute atomic E-state index is 0.258. The Hall–Kier alpha value is -3.38. The Morgan fingerprint density at radius 1 is 1.03 bits per heavy atom. The summed E-state index contributed by atoms with van der Waals surface area (Å²) < 4.78 is 10.4. The van der Waals surface area contributed by atoms with Gasteiger partial charge in [-0.2, -0.15) is 0 Å². The Morgan fingerprint density at radius 2 is 1.74 bits per heavy atom. The number of amides is 1. The van der Waals surface area contributed by atoms with Gasteiger partial charge in [-0.25, -0.2) is 4.79 Å². The van der Waals surface area contributed by atoms with Crippen molar-refractivity contribution < 1.29 is 19.1 Å². The molecule has 0 radical (unpaired) electrons. The number of esters is 1. The van der Waals surface area contributed by atoms with Gasteiger partial charge in [0.1, 0.15) is 16.3 Å². The fourth-order valence-electron chi connectivity index (χ4n) is 3.03. The number of anilines is 1. The largest absolute Gasteiger partial charge is 0.497 e. The molecule has 5 nitrogen and oxygen atoms in total. The second-order valence-corrected chi connectivity index (χ2v) is 7.60. The fourth-order valence-corrected chi connectivity index (χ4v) is 3.99. The molecule has 0 aliphatic heterocycles. The Balaban J connectivity index is 1.83. The highest BCUT2D eigenvalue weighted by Gasteiger charge is 2.22. The SMILES string of the molecule is CCOC(=O)c1c(-c2ccc(CC)cc2)csc1NC(=O)/C=C/c1ccc(OC)cc1. The van der Waals surface area contributed by atoms with Crippen molar-refractivity contribution in [2.24, 2.45) is 0 Å². The van der Waals surface area contributed by atoms with Crippen LogP contribution < -0.4 is 10.1 Å². The van der Waals surface area contributed by atoms with E-state index in [-0.39, 0.29) is 12.5 Å². The van der Waals surface area contributed by atoms with Crippen LogP contribution in [0.25, 0.3) is 17.2 Å². The van der Waals surface area contributed by atoms with Gasteiger partial charge in [0.05, 0.1) is 13.7 Å². The van der Waals surface area contributed by atoms with Gasteiger partial charge in [-0.3, -0.25) is 4.79 Å². The molecule has 1 N–H and O–H groups in total. The molecule has 0 saturated heterocycles. The maximum atomic E-state index is 12.7. The van der Waals surface area contributed by atoms with Gasteiger partial charge in [-0.05, 0) is 48.2 Å². The van der Waals surface area contributed by atoms with Gasteiger partial charge in [0.25, 0.3) is 0 Å². The summed E-state index contributed by atoms with van der Waals surface area (Å²) in [5.74, 6) is -0.0254. The van der Waals surface area contributed by atoms with E-state index in [1.807, 2.05) is 53.9 Å². The molecule has 1 aromatic heterocycles. The van der Waals surface area contributed by atoms with Gasteiger partial charge in [0.15, 0.2) is 0 Å². The summed E-state index contributed by atoms with van der Waals surface area (Å²) >= 11 is 1.31. The zero-order valence-electron chi connectivity index (χ0n) is 17.8. The Morgan fingerprint density at radius 3 is 2.35 bits per heavy atom. The number of benzene rings is 2. The highest BCUT2D eigenvalue weighted by atomic mass is 32.1. The first-order chi connectivity index (χ1) is 15.0. The first kappa shape index (κ1) is 22.3. The van der Waals surface area contributed by atoms with Crippen LogP contribution in [0.4, 0.5) is 5.00 Å². The smallest absolute Gasteiger partial charge is 0.341 e. The van der Waals surface area contributed by atoms with E-state index in [0.717, 1.165) is 28.9 Å². The molecule has 0 spiro atoms. The molecule has 0 aliphatic rings. The van der Waals surface area contributed by atoms with Crippen molar-refractivity contribution in [3.63, 3.8) is 0 Å². The normalized spacial score (nSPS) is 10.8. The molecule has 3 rings (SSSR count). The zero-order valence-corrected chi connectivity index (χ0v) is 18.6. The van der Waals surface area contributed by atoms with Gasteiger partial charge >= 0.3 is 5.97 Å². The number of nitrogens with one attached hydrogen (secondary N) is 1. The summed E-state index contributed by atoms with van der Waals surface area (Å²) in [6.07, 6.45) is 4.08. The number of thiophene rings is 1. The van der Waals surface area contributed by atoms with Crippen LogP contribution in [-0.2, 0) is 16.0 Å². The predicted molar refractivity (Wildman–Crippen MR) is 126 cm³/mol.